The first-order chi connectivity index (χ1) is 17.7. The molecule has 0 saturated carbocycles. The summed E-state index contributed by atoms with van der Waals surface area (Å²) in [6.07, 6.45) is 0.887. The summed E-state index contributed by atoms with van der Waals surface area (Å²) in [5, 5.41) is 7.64. The van der Waals surface area contributed by atoms with Gasteiger partial charge in [-0.05, 0) is 36.8 Å². The maximum absolute atomic E-state index is 14.6. The van der Waals surface area contributed by atoms with Crippen LogP contribution >= 0.6 is 0 Å². The minimum absolute atomic E-state index is 0.0628. The first-order valence-corrected chi connectivity index (χ1v) is 11.1. The SMILES string of the molecule is CCNc1cc(F)cc2c1[nH]c1ncc(-c3cncc(CC(=O)NN)c3)c(-n3ccc(C(F)(F)F)n3)c12. The molecular formula is C24H20F4N8O. The van der Waals surface area contributed by atoms with Gasteiger partial charge in [-0.25, -0.2) is 19.9 Å². The number of carbonyl (C=O) groups is 1. The third-order valence-electron chi connectivity index (χ3n) is 5.77. The van der Waals surface area contributed by atoms with Crippen LogP contribution in [0.25, 0.3) is 38.8 Å². The summed E-state index contributed by atoms with van der Waals surface area (Å²) in [6, 6.07) is 5.13. The molecule has 0 fully saturated rings. The number of hydrazine groups is 1. The van der Waals surface area contributed by atoms with Crippen LogP contribution in [0.2, 0.25) is 0 Å². The number of nitrogens with zero attached hydrogens (tertiary/aromatic N) is 4. The highest BCUT2D eigenvalue weighted by Crippen LogP contribution is 2.39. The van der Waals surface area contributed by atoms with E-state index < -0.39 is 23.6 Å². The highest BCUT2D eigenvalue weighted by Gasteiger charge is 2.34. The highest BCUT2D eigenvalue weighted by atomic mass is 19.4. The Labute approximate surface area is 206 Å². The number of halogens is 4. The summed E-state index contributed by atoms with van der Waals surface area (Å²) < 4.78 is 56.0. The molecule has 5 N–H and O–H groups in total. The van der Waals surface area contributed by atoms with Gasteiger partial charge in [-0.2, -0.15) is 18.3 Å². The number of nitrogens with two attached hydrogens (primary N) is 1. The molecule has 190 valence electrons. The fourth-order valence-corrected chi connectivity index (χ4v) is 4.26. The quantitative estimate of drug-likeness (QED) is 0.118. The van der Waals surface area contributed by atoms with E-state index in [-0.39, 0.29) is 12.1 Å². The lowest BCUT2D eigenvalue weighted by molar-refractivity contribution is -0.141. The predicted octanol–water partition coefficient (Wildman–Crippen LogP) is 4.09. The Morgan fingerprint density at radius 2 is 2.00 bits per heavy atom. The largest absolute Gasteiger partial charge is 0.435 e. The average molecular weight is 512 g/mol. The third kappa shape index (κ3) is 4.44. The van der Waals surface area contributed by atoms with E-state index in [1.165, 1.54) is 36.9 Å². The zero-order chi connectivity index (χ0) is 26.3. The summed E-state index contributed by atoms with van der Waals surface area (Å²) in [6.45, 7) is 2.37. The zero-order valence-corrected chi connectivity index (χ0v) is 19.3. The first-order valence-electron chi connectivity index (χ1n) is 11.1. The molecule has 0 aliphatic carbocycles. The molecule has 0 radical (unpaired) electrons. The van der Waals surface area contributed by atoms with Gasteiger partial charge in [0.2, 0.25) is 5.91 Å². The van der Waals surface area contributed by atoms with Crippen LogP contribution < -0.4 is 16.6 Å². The molecule has 5 aromatic rings. The van der Waals surface area contributed by atoms with Crippen molar-refractivity contribution >= 4 is 33.5 Å². The number of pyridine rings is 2. The Bertz CT molecular complexity index is 1640. The van der Waals surface area contributed by atoms with Gasteiger partial charge < -0.3 is 10.3 Å². The number of aromatic amines is 1. The molecule has 0 spiro atoms. The third-order valence-corrected chi connectivity index (χ3v) is 5.77. The smallest absolute Gasteiger partial charge is 0.384 e. The second-order valence-electron chi connectivity index (χ2n) is 8.24. The van der Waals surface area contributed by atoms with Crippen molar-refractivity contribution in [2.24, 2.45) is 5.84 Å². The lowest BCUT2D eigenvalue weighted by Crippen LogP contribution is -2.31. The maximum Gasteiger partial charge on any atom is 0.435 e. The van der Waals surface area contributed by atoms with Crippen LogP contribution in [-0.2, 0) is 17.4 Å². The summed E-state index contributed by atoms with van der Waals surface area (Å²) in [5.41, 5.74) is 3.90. The Morgan fingerprint density at radius 1 is 1.19 bits per heavy atom. The van der Waals surface area contributed by atoms with Crippen molar-refractivity contribution in [3.8, 4) is 16.8 Å². The van der Waals surface area contributed by atoms with Crippen LogP contribution in [0.4, 0.5) is 23.2 Å². The maximum atomic E-state index is 14.6. The number of H-pyrrole nitrogens is 1. The summed E-state index contributed by atoms with van der Waals surface area (Å²) in [5.74, 6) is 4.20. The summed E-state index contributed by atoms with van der Waals surface area (Å²) in [7, 11) is 0. The van der Waals surface area contributed by atoms with Crippen molar-refractivity contribution in [2.45, 2.75) is 19.5 Å². The molecule has 4 heterocycles. The number of hydrogen-bond acceptors (Lipinski definition) is 6. The van der Waals surface area contributed by atoms with Gasteiger partial charge in [0.25, 0.3) is 0 Å². The Morgan fingerprint density at radius 3 is 2.70 bits per heavy atom. The normalized spacial score (nSPS) is 11.8. The fraction of sp³-hybridized carbons (Fsp3) is 0.167. The fourth-order valence-electron chi connectivity index (χ4n) is 4.26. The molecule has 0 unspecified atom stereocenters. The number of aromatic nitrogens is 5. The van der Waals surface area contributed by atoms with E-state index in [0.717, 1.165) is 10.7 Å². The number of rotatable bonds is 6. The van der Waals surface area contributed by atoms with Crippen molar-refractivity contribution in [1.29, 1.82) is 0 Å². The molecular weight excluding hydrogens is 492 g/mol. The van der Waals surface area contributed by atoms with Crippen LogP contribution in [0.3, 0.4) is 0 Å². The van der Waals surface area contributed by atoms with E-state index in [2.05, 4.69) is 25.4 Å². The van der Waals surface area contributed by atoms with Gasteiger partial charge in [0, 0.05) is 47.8 Å². The number of alkyl halides is 3. The minimum atomic E-state index is -4.67. The van der Waals surface area contributed by atoms with Gasteiger partial charge in [0.1, 0.15) is 11.5 Å². The van der Waals surface area contributed by atoms with Gasteiger partial charge in [0.15, 0.2) is 5.69 Å². The molecule has 5 rings (SSSR count). The molecule has 1 amide bonds. The zero-order valence-electron chi connectivity index (χ0n) is 19.3. The first kappa shape index (κ1) is 24.2. The van der Waals surface area contributed by atoms with E-state index in [0.29, 0.717) is 50.9 Å². The lowest BCUT2D eigenvalue weighted by Gasteiger charge is -2.13. The van der Waals surface area contributed by atoms with E-state index in [4.69, 9.17) is 5.84 Å². The predicted molar refractivity (Wildman–Crippen MR) is 129 cm³/mol. The highest BCUT2D eigenvalue weighted by molar-refractivity contribution is 6.15. The number of hydrogen-bond donors (Lipinski definition) is 4. The molecule has 9 nitrogen and oxygen atoms in total. The topological polar surface area (TPSA) is 127 Å². The van der Waals surface area contributed by atoms with Crippen molar-refractivity contribution < 1.29 is 22.4 Å². The van der Waals surface area contributed by atoms with E-state index >= 15 is 0 Å². The second kappa shape index (κ2) is 9.17. The molecule has 13 heteroatoms. The second-order valence-corrected chi connectivity index (χ2v) is 8.24. The molecule has 37 heavy (non-hydrogen) atoms. The average Bonchev–Trinajstić information content (AvgIpc) is 3.49. The number of benzene rings is 1. The van der Waals surface area contributed by atoms with Crippen LogP contribution in [0.15, 0.2) is 49.1 Å². The number of carbonyl (C=O) groups excluding carboxylic acids is 1. The van der Waals surface area contributed by atoms with Gasteiger partial charge in [-0.3, -0.25) is 15.2 Å². The number of amides is 1. The van der Waals surface area contributed by atoms with Crippen LogP contribution in [0, 0.1) is 5.82 Å². The van der Waals surface area contributed by atoms with E-state index in [1.54, 1.807) is 6.07 Å². The number of fused-ring (bicyclic) bond motifs is 3. The number of anilines is 1. The minimum Gasteiger partial charge on any atom is -0.384 e. The van der Waals surface area contributed by atoms with Gasteiger partial charge in [0.05, 0.1) is 28.7 Å². The molecule has 0 aliphatic rings. The Kier molecular flexibility index (Phi) is 5.99. The monoisotopic (exact) mass is 512 g/mol. The summed E-state index contributed by atoms with van der Waals surface area (Å²) >= 11 is 0. The molecule has 0 bridgehead atoms. The molecule has 0 aliphatic heterocycles. The molecule has 0 atom stereocenters. The van der Waals surface area contributed by atoms with Crippen molar-refractivity contribution in [3.05, 3.63) is 66.1 Å². The number of nitrogens with one attached hydrogen (secondary N) is 3. The van der Waals surface area contributed by atoms with Gasteiger partial charge >= 0.3 is 6.18 Å². The van der Waals surface area contributed by atoms with Crippen LogP contribution in [-0.4, -0.2) is 37.2 Å². The lowest BCUT2D eigenvalue weighted by atomic mass is 10.0. The van der Waals surface area contributed by atoms with Crippen LogP contribution in [0.1, 0.15) is 18.2 Å². The van der Waals surface area contributed by atoms with Gasteiger partial charge in [-0.1, -0.05) is 0 Å². The van der Waals surface area contributed by atoms with Crippen molar-refractivity contribution in [1.82, 2.24) is 30.2 Å². The van der Waals surface area contributed by atoms with Gasteiger partial charge in [-0.15, -0.1) is 0 Å². The van der Waals surface area contributed by atoms with E-state index in [9.17, 15) is 22.4 Å². The molecule has 1 aromatic carbocycles. The van der Waals surface area contributed by atoms with Crippen molar-refractivity contribution in [2.75, 3.05) is 11.9 Å². The Hall–Kier alpha value is -4.52. The molecule has 0 saturated heterocycles. The molecule has 4 aromatic heterocycles. The standard InChI is InChI=1S/C24H20F4N8O/c1-2-31-17-8-14(25)7-15-20-22(36-4-3-18(35-36)24(26,27)28)16(11-32-23(20)33-21(15)17)13-5-12(9-30-10-13)6-19(37)34-29/h3-5,7-11,31H,2,6,29H2,1H3,(H,32,33)(H,34,37). The van der Waals surface area contributed by atoms with E-state index in [1.807, 2.05) is 12.3 Å². The van der Waals surface area contributed by atoms with Crippen molar-refractivity contribution in [3.63, 3.8) is 0 Å². The Balaban J connectivity index is 1.83. The van der Waals surface area contributed by atoms with Crippen LogP contribution in [0.5, 0.6) is 0 Å². The summed E-state index contributed by atoms with van der Waals surface area (Å²) in [4.78, 5) is 23.6.